The van der Waals surface area contributed by atoms with Gasteiger partial charge in [0.05, 0.1) is 0 Å². The van der Waals surface area contributed by atoms with E-state index in [2.05, 4.69) is 17.0 Å². The Bertz CT molecular complexity index is 434. The fraction of sp³-hybridized carbons (Fsp3) is 0.824. The summed E-state index contributed by atoms with van der Waals surface area (Å²) in [7, 11) is 3.42. The quantitative estimate of drug-likeness (QED) is 0.404. The van der Waals surface area contributed by atoms with Crippen molar-refractivity contribution in [2.75, 3.05) is 19.8 Å². The molecule has 0 bridgehead atoms. The molecular formula is C17H32N4OS. The number of carbonyl (C=O) groups is 1. The summed E-state index contributed by atoms with van der Waals surface area (Å²) in [5, 5.41) is 4.88. The number of carbonyl (C=O) groups excluding carboxylic acids is 1. The van der Waals surface area contributed by atoms with Crippen molar-refractivity contribution in [1.29, 1.82) is 0 Å². The van der Waals surface area contributed by atoms with Gasteiger partial charge in [-0.25, -0.2) is 9.78 Å². The summed E-state index contributed by atoms with van der Waals surface area (Å²) in [6.45, 7) is 2.26. The molecule has 0 saturated carbocycles. The third-order valence-corrected chi connectivity index (χ3v) is 4.72. The van der Waals surface area contributed by atoms with Crippen molar-refractivity contribution in [1.82, 2.24) is 19.7 Å². The average Bonchev–Trinajstić information content (AvgIpc) is 3.00. The van der Waals surface area contributed by atoms with Crippen LogP contribution in [0, 0.1) is 0 Å². The molecule has 0 radical (unpaired) electrons. The van der Waals surface area contributed by atoms with Crippen molar-refractivity contribution in [3.05, 3.63) is 6.33 Å². The molecule has 0 aliphatic heterocycles. The fourth-order valence-corrected chi connectivity index (χ4v) is 3.16. The first kappa shape index (κ1) is 20.0. The second-order valence-electron chi connectivity index (χ2n) is 6.18. The van der Waals surface area contributed by atoms with Gasteiger partial charge in [-0.1, -0.05) is 76.5 Å². The topological polar surface area (TPSA) is 51.0 Å². The van der Waals surface area contributed by atoms with E-state index in [-0.39, 0.29) is 6.03 Å². The summed E-state index contributed by atoms with van der Waals surface area (Å²) in [4.78, 5) is 17.4. The highest BCUT2D eigenvalue weighted by Crippen LogP contribution is 2.16. The van der Waals surface area contributed by atoms with Crippen LogP contribution in [0.15, 0.2) is 11.5 Å². The zero-order valence-corrected chi connectivity index (χ0v) is 15.8. The van der Waals surface area contributed by atoms with Crippen LogP contribution in [0.25, 0.3) is 0 Å². The van der Waals surface area contributed by atoms with E-state index in [4.69, 9.17) is 0 Å². The molecule has 0 N–H and O–H groups in total. The molecule has 5 nitrogen and oxygen atoms in total. The van der Waals surface area contributed by atoms with E-state index in [0.717, 1.165) is 5.75 Å². The first-order chi connectivity index (χ1) is 11.1. The van der Waals surface area contributed by atoms with Crippen LogP contribution in [-0.4, -0.2) is 45.5 Å². The Balaban J connectivity index is 1.98. The van der Waals surface area contributed by atoms with Crippen LogP contribution in [0.1, 0.15) is 71.1 Å². The Morgan fingerprint density at radius 3 is 2.17 bits per heavy atom. The lowest BCUT2D eigenvalue weighted by Crippen LogP contribution is -2.27. The zero-order chi connectivity index (χ0) is 16.9. The van der Waals surface area contributed by atoms with Crippen LogP contribution in [0.2, 0.25) is 0 Å². The van der Waals surface area contributed by atoms with Crippen LogP contribution in [0.4, 0.5) is 4.79 Å². The van der Waals surface area contributed by atoms with Gasteiger partial charge in [0.25, 0.3) is 0 Å². The maximum atomic E-state index is 11.7. The van der Waals surface area contributed by atoms with Crippen LogP contribution in [0.5, 0.6) is 0 Å². The highest BCUT2D eigenvalue weighted by molar-refractivity contribution is 7.99. The van der Waals surface area contributed by atoms with Gasteiger partial charge in [-0.3, -0.25) is 0 Å². The maximum absolute atomic E-state index is 11.7. The molecule has 0 spiro atoms. The van der Waals surface area contributed by atoms with Crippen molar-refractivity contribution in [2.45, 2.75) is 76.3 Å². The van der Waals surface area contributed by atoms with Gasteiger partial charge >= 0.3 is 6.03 Å². The normalized spacial score (nSPS) is 10.9. The van der Waals surface area contributed by atoms with E-state index in [1.807, 2.05) is 0 Å². The Hall–Kier alpha value is -1.04. The molecule has 1 amide bonds. The molecule has 1 aromatic rings. The summed E-state index contributed by atoms with van der Waals surface area (Å²) in [6.07, 6.45) is 15.0. The second kappa shape index (κ2) is 12.4. The Kier molecular flexibility index (Phi) is 10.8. The maximum Gasteiger partial charge on any atom is 0.345 e. The number of thioether (sulfide) groups is 1. The van der Waals surface area contributed by atoms with Crippen LogP contribution in [-0.2, 0) is 0 Å². The van der Waals surface area contributed by atoms with Gasteiger partial charge < -0.3 is 4.90 Å². The number of amides is 1. The van der Waals surface area contributed by atoms with Gasteiger partial charge in [0.15, 0.2) is 0 Å². The average molecular weight is 341 g/mol. The monoisotopic (exact) mass is 340 g/mol. The Morgan fingerprint density at radius 1 is 1.04 bits per heavy atom. The molecule has 1 aromatic heterocycles. The van der Waals surface area contributed by atoms with Gasteiger partial charge in [-0.2, -0.15) is 4.68 Å². The van der Waals surface area contributed by atoms with Gasteiger partial charge in [-0.15, -0.1) is 5.10 Å². The van der Waals surface area contributed by atoms with E-state index in [9.17, 15) is 4.79 Å². The van der Waals surface area contributed by atoms with Crippen molar-refractivity contribution in [2.24, 2.45) is 0 Å². The number of aromatic nitrogens is 3. The van der Waals surface area contributed by atoms with Crippen LogP contribution < -0.4 is 0 Å². The van der Waals surface area contributed by atoms with E-state index in [0.29, 0.717) is 5.16 Å². The molecule has 1 rings (SSSR count). The van der Waals surface area contributed by atoms with Crippen LogP contribution >= 0.6 is 11.8 Å². The summed E-state index contributed by atoms with van der Waals surface area (Å²) in [5.41, 5.74) is 0. The lowest BCUT2D eigenvalue weighted by molar-refractivity contribution is 0.215. The first-order valence-corrected chi connectivity index (χ1v) is 9.89. The van der Waals surface area contributed by atoms with Crippen LogP contribution in [0.3, 0.4) is 0 Å². The third-order valence-electron chi connectivity index (χ3n) is 3.78. The predicted octanol–water partition coefficient (Wildman–Crippen LogP) is 4.82. The molecule has 1 heterocycles. The molecule has 0 saturated heterocycles. The van der Waals surface area contributed by atoms with E-state index < -0.39 is 0 Å². The minimum absolute atomic E-state index is 0.164. The summed E-state index contributed by atoms with van der Waals surface area (Å²) < 4.78 is 1.29. The fourth-order valence-electron chi connectivity index (χ4n) is 2.36. The minimum Gasteiger partial charge on any atom is -0.329 e. The highest BCUT2D eigenvalue weighted by atomic mass is 32.2. The molecule has 0 unspecified atom stereocenters. The molecule has 0 fully saturated rings. The third kappa shape index (κ3) is 8.98. The van der Waals surface area contributed by atoms with Gasteiger partial charge in [-0.05, 0) is 6.42 Å². The summed E-state index contributed by atoms with van der Waals surface area (Å²) in [5.74, 6) is 1.02. The van der Waals surface area contributed by atoms with E-state index >= 15 is 0 Å². The lowest BCUT2D eigenvalue weighted by Gasteiger charge is -2.07. The number of unbranched alkanes of at least 4 members (excludes halogenated alkanes) is 9. The van der Waals surface area contributed by atoms with Crippen molar-refractivity contribution in [3.63, 3.8) is 0 Å². The van der Waals surface area contributed by atoms with Gasteiger partial charge in [0.1, 0.15) is 6.33 Å². The minimum atomic E-state index is -0.164. The van der Waals surface area contributed by atoms with E-state index in [1.54, 1.807) is 25.9 Å². The standard InChI is InChI=1S/C17H32N4OS/c1-4-5-6-7-8-9-10-11-12-13-14-23-16-18-15-21(19-16)17(22)20(2)3/h15H,4-14H2,1-3H3. The first-order valence-electron chi connectivity index (χ1n) is 8.91. The SMILES string of the molecule is CCCCCCCCCCCCSc1ncn(C(=O)N(C)C)n1. The molecular weight excluding hydrogens is 308 g/mol. The number of rotatable bonds is 12. The molecule has 0 atom stereocenters. The number of nitrogens with zero attached hydrogens (tertiary/aromatic N) is 4. The molecule has 132 valence electrons. The largest absolute Gasteiger partial charge is 0.345 e. The molecule has 0 aromatic carbocycles. The zero-order valence-electron chi connectivity index (χ0n) is 15.0. The molecule has 23 heavy (non-hydrogen) atoms. The Labute approximate surface area is 145 Å². The molecule has 0 aliphatic rings. The second-order valence-corrected chi connectivity index (χ2v) is 7.24. The number of hydrogen-bond donors (Lipinski definition) is 0. The number of hydrogen-bond acceptors (Lipinski definition) is 4. The van der Waals surface area contributed by atoms with Crippen molar-refractivity contribution >= 4 is 17.8 Å². The predicted molar refractivity (Wildman–Crippen MR) is 97.1 cm³/mol. The summed E-state index contributed by atoms with van der Waals surface area (Å²) >= 11 is 1.63. The highest BCUT2D eigenvalue weighted by Gasteiger charge is 2.10. The van der Waals surface area contributed by atoms with Crippen molar-refractivity contribution < 1.29 is 4.79 Å². The van der Waals surface area contributed by atoms with Gasteiger partial charge in [0.2, 0.25) is 5.16 Å². The Morgan fingerprint density at radius 2 is 1.61 bits per heavy atom. The molecule has 0 aliphatic carbocycles. The lowest BCUT2D eigenvalue weighted by atomic mass is 10.1. The van der Waals surface area contributed by atoms with E-state index in [1.165, 1.54) is 80.1 Å². The van der Waals surface area contributed by atoms with Crippen molar-refractivity contribution in [3.8, 4) is 0 Å². The van der Waals surface area contributed by atoms with Gasteiger partial charge in [0, 0.05) is 19.8 Å². The summed E-state index contributed by atoms with van der Waals surface area (Å²) in [6, 6.07) is -0.164. The smallest absolute Gasteiger partial charge is 0.329 e. The molecule has 6 heteroatoms.